The lowest BCUT2D eigenvalue weighted by Gasteiger charge is -2.10. The molecule has 0 saturated carbocycles. The summed E-state index contributed by atoms with van der Waals surface area (Å²) in [5, 5.41) is 2.30. The number of nitrogens with two attached hydrogens (primary N) is 1. The molecule has 0 aliphatic heterocycles. The Labute approximate surface area is 125 Å². The van der Waals surface area contributed by atoms with Gasteiger partial charge in [-0.2, -0.15) is 0 Å². The van der Waals surface area contributed by atoms with Crippen molar-refractivity contribution in [1.82, 2.24) is 4.57 Å². The van der Waals surface area contributed by atoms with E-state index in [2.05, 4.69) is 47.1 Å². The lowest BCUT2D eigenvalue weighted by molar-refractivity contribution is 0.309. The Bertz CT molecular complexity index is 720. The van der Waals surface area contributed by atoms with E-state index in [-0.39, 0.29) is 6.54 Å². The minimum absolute atomic E-state index is 0.0452. The lowest BCUT2D eigenvalue weighted by atomic mass is 10.1. The first-order valence-corrected chi connectivity index (χ1v) is 7.41. The molecule has 4 heteroatoms. The summed E-state index contributed by atoms with van der Waals surface area (Å²) >= 11 is 3.51. The van der Waals surface area contributed by atoms with Crippen molar-refractivity contribution in [2.75, 3.05) is 6.54 Å². The number of benzene rings is 2. The second-order valence-electron chi connectivity index (χ2n) is 5.13. The van der Waals surface area contributed by atoms with Crippen LogP contribution in [0.1, 0.15) is 5.56 Å². The minimum atomic E-state index is -1.03. The van der Waals surface area contributed by atoms with Gasteiger partial charge in [-0.25, -0.2) is 4.39 Å². The van der Waals surface area contributed by atoms with Gasteiger partial charge >= 0.3 is 0 Å². The molecule has 2 N–H and O–H groups in total. The van der Waals surface area contributed by atoms with Gasteiger partial charge in [0.1, 0.15) is 6.17 Å². The van der Waals surface area contributed by atoms with Crippen LogP contribution in [0, 0.1) is 6.92 Å². The van der Waals surface area contributed by atoms with E-state index in [9.17, 15) is 4.39 Å². The number of hydrogen-bond donors (Lipinski definition) is 1. The van der Waals surface area contributed by atoms with Crippen molar-refractivity contribution in [3.8, 4) is 0 Å². The number of halogens is 2. The van der Waals surface area contributed by atoms with E-state index >= 15 is 0 Å². The minimum Gasteiger partial charge on any atom is -0.337 e. The van der Waals surface area contributed by atoms with Gasteiger partial charge in [-0.3, -0.25) is 0 Å². The molecule has 0 aliphatic rings. The molecule has 2 nitrogen and oxygen atoms in total. The van der Waals surface area contributed by atoms with Crippen LogP contribution in [0.5, 0.6) is 0 Å². The Balaban J connectivity index is 2.34. The highest BCUT2D eigenvalue weighted by Crippen LogP contribution is 2.32. The van der Waals surface area contributed by atoms with Gasteiger partial charge in [0.25, 0.3) is 0 Å². The van der Waals surface area contributed by atoms with E-state index in [0.717, 1.165) is 26.3 Å². The summed E-state index contributed by atoms with van der Waals surface area (Å²) in [6, 6.07) is 12.4. The summed E-state index contributed by atoms with van der Waals surface area (Å²) in [6.45, 7) is 2.41. The van der Waals surface area contributed by atoms with Gasteiger partial charge in [0.2, 0.25) is 0 Å². The molecule has 1 heterocycles. The predicted octanol–water partition coefficient (Wildman–Crippen LogP) is 4.16. The van der Waals surface area contributed by atoms with Crippen LogP contribution in [-0.2, 0) is 6.54 Å². The molecule has 0 spiro atoms. The molecule has 1 aromatic heterocycles. The van der Waals surface area contributed by atoms with Crippen LogP contribution in [0.2, 0.25) is 0 Å². The normalized spacial score (nSPS) is 13.2. The van der Waals surface area contributed by atoms with Crippen LogP contribution in [0.15, 0.2) is 40.9 Å². The zero-order chi connectivity index (χ0) is 14.3. The van der Waals surface area contributed by atoms with Crippen molar-refractivity contribution in [1.29, 1.82) is 0 Å². The van der Waals surface area contributed by atoms with Crippen molar-refractivity contribution in [2.45, 2.75) is 19.6 Å². The monoisotopic (exact) mass is 334 g/mol. The summed E-state index contributed by atoms with van der Waals surface area (Å²) in [5.74, 6) is 0. The van der Waals surface area contributed by atoms with Gasteiger partial charge < -0.3 is 10.3 Å². The SMILES string of the molecule is Cc1ccc2c(c1)c1cc(Br)ccc1n2CC(F)CN. The maximum Gasteiger partial charge on any atom is 0.130 e. The fourth-order valence-electron chi connectivity index (χ4n) is 2.66. The van der Waals surface area contributed by atoms with Crippen LogP contribution >= 0.6 is 15.9 Å². The predicted molar refractivity (Wildman–Crippen MR) is 85.8 cm³/mol. The van der Waals surface area contributed by atoms with E-state index in [1.807, 2.05) is 16.7 Å². The fourth-order valence-corrected chi connectivity index (χ4v) is 3.02. The molecule has 2 aromatic carbocycles. The number of alkyl halides is 1. The molecule has 3 rings (SSSR count). The molecular weight excluding hydrogens is 319 g/mol. The number of fused-ring (bicyclic) bond motifs is 3. The Hall–Kier alpha value is -1.39. The maximum absolute atomic E-state index is 13.8. The molecule has 104 valence electrons. The van der Waals surface area contributed by atoms with Crippen LogP contribution < -0.4 is 5.73 Å². The van der Waals surface area contributed by atoms with Crippen molar-refractivity contribution in [3.05, 3.63) is 46.4 Å². The molecule has 0 saturated heterocycles. The summed E-state index contributed by atoms with van der Waals surface area (Å²) in [6.07, 6.45) is -1.03. The summed E-state index contributed by atoms with van der Waals surface area (Å²) < 4.78 is 16.8. The van der Waals surface area contributed by atoms with Crippen molar-refractivity contribution < 1.29 is 4.39 Å². The van der Waals surface area contributed by atoms with E-state index in [4.69, 9.17) is 5.73 Å². The smallest absolute Gasteiger partial charge is 0.130 e. The largest absolute Gasteiger partial charge is 0.337 e. The number of aromatic nitrogens is 1. The molecule has 1 atom stereocenters. The topological polar surface area (TPSA) is 30.9 Å². The van der Waals surface area contributed by atoms with Gasteiger partial charge in [0.15, 0.2) is 0 Å². The van der Waals surface area contributed by atoms with E-state index in [0.29, 0.717) is 6.54 Å². The molecule has 0 fully saturated rings. The Morgan fingerprint density at radius 1 is 1.15 bits per heavy atom. The number of aryl methyl sites for hydroxylation is 1. The number of nitrogens with zero attached hydrogens (tertiary/aromatic N) is 1. The second-order valence-corrected chi connectivity index (χ2v) is 6.04. The highest BCUT2D eigenvalue weighted by atomic mass is 79.9. The molecule has 1 unspecified atom stereocenters. The number of hydrogen-bond acceptors (Lipinski definition) is 1. The molecule has 0 aliphatic carbocycles. The summed E-state index contributed by atoms with van der Waals surface area (Å²) in [4.78, 5) is 0. The van der Waals surface area contributed by atoms with Gasteiger partial charge in [-0.15, -0.1) is 0 Å². The summed E-state index contributed by atoms with van der Waals surface area (Å²) in [5.41, 5.74) is 8.73. The molecular formula is C16H16BrFN2. The third-order valence-electron chi connectivity index (χ3n) is 3.62. The third-order valence-corrected chi connectivity index (χ3v) is 4.11. The molecule has 3 aromatic rings. The number of rotatable bonds is 3. The van der Waals surface area contributed by atoms with Gasteiger partial charge in [0.05, 0.1) is 6.54 Å². The molecule has 20 heavy (non-hydrogen) atoms. The second kappa shape index (κ2) is 5.19. The quantitative estimate of drug-likeness (QED) is 0.765. The Morgan fingerprint density at radius 2 is 1.80 bits per heavy atom. The average molecular weight is 335 g/mol. The van der Waals surface area contributed by atoms with Gasteiger partial charge in [-0.05, 0) is 37.3 Å². The zero-order valence-electron chi connectivity index (χ0n) is 11.2. The Kier molecular flexibility index (Phi) is 3.52. The van der Waals surface area contributed by atoms with Crippen molar-refractivity contribution >= 4 is 37.7 Å². The van der Waals surface area contributed by atoms with E-state index < -0.39 is 6.17 Å². The highest BCUT2D eigenvalue weighted by Gasteiger charge is 2.14. The van der Waals surface area contributed by atoms with E-state index in [1.54, 1.807) is 0 Å². The highest BCUT2D eigenvalue weighted by molar-refractivity contribution is 9.10. The van der Waals surface area contributed by atoms with Crippen LogP contribution in [-0.4, -0.2) is 17.3 Å². The first-order valence-electron chi connectivity index (χ1n) is 6.62. The molecule has 0 amide bonds. The van der Waals surface area contributed by atoms with Gasteiger partial charge in [-0.1, -0.05) is 27.6 Å². The third kappa shape index (κ3) is 2.23. The van der Waals surface area contributed by atoms with Gasteiger partial charge in [0, 0.05) is 32.8 Å². The van der Waals surface area contributed by atoms with E-state index in [1.165, 1.54) is 5.56 Å². The first kappa shape index (κ1) is 13.6. The lowest BCUT2D eigenvalue weighted by Crippen LogP contribution is -2.21. The fraction of sp³-hybridized carbons (Fsp3) is 0.250. The average Bonchev–Trinajstić information content (AvgIpc) is 2.72. The summed E-state index contributed by atoms with van der Waals surface area (Å²) in [7, 11) is 0. The maximum atomic E-state index is 13.8. The van der Waals surface area contributed by atoms with Crippen LogP contribution in [0.25, 0.3) is 21.8 Å². The van der Waals surface area contributed by atoms with Crippen molar-refractivity contribution in [2.24, 2.45) is 5.73 Å². The van der Waals surface area contributed by atoms with Crippen LogP contribution in [0.3, 0.4) is 0 Å². The standard InChI is InChI=1S/C16H16BrFN2/c1-10-2-4-15-13(6-10)14-7-11(17)3-5-16(14)20(15)9-12(18)8-19/h2-7,12H,8-9,19H2,1H3. The molecule has 0 radical (unpaired) electrons. The Morgan fingerprint density at radius 3 is 2.50 bits per heavy atom. The molecule has 0 bridgehead atoms. The van der Waals surface area contributed by atoms with Crippen LogP contribution in [0.4, 0.5) is 4.39 Å². The zero-order valence-corrected chi connectivity index (χ0v) is 12.8. The first-order chi connectivity index (χ1) is 9.60. The van der Waals surface area contributed by atoms with Crippen molar-refractivity contribution in [3.63, 3.8) is 0 Å².